The van der Waals surface area contributed by atoms with Gasteiger partial charge in [-0.15, -0.1) is 0 Å². The molecule has 0 bridgehead atoms. The van der Waals surface area contributed by atoms with Crippen molar-refractivity contribution in [2.24, 2.45) is 0 Å². The summed E-state index contributed by atoms with van der Waals surface area (Å²) in [6.07, 6.45) is 0. The molecule has 96 valence electrons. The summed E-state index contributed by atoms with van der Waals surface area (Å²) in [7, 11) is 1.24. The molecule has 0 aliphatic carbocycles. The van der Waals surface area contributed by atoms with Crippen LogP contribution >= 0.6 is 15.9 Å². The van der Waals surface area contributed by atoms with E-state index in [2.05, 4.69) is 25.8 Å². The molecule has 1 aromatic heterocycles. The summed E-state index contributed by atoms with van der Waals surface area (Å²) in [5.41, 5.74) is 6.39. The lowest BCUT2D eigenvalue weighted by Gasteiger charge is -2.06. The minimum atomic E-state index is -0.644. The number of nitrogens with zero attached hydrogens (tertiary/aromatic N) is 3. The molecule has 1 heterocycles. The van der Waals surface area contributed by atoms with Crippen LogP contribution in [0.15, 0.2) is 28.7 Å². The van der Waals surface area contributed by atoms with E-state index in [1.807, 2.05) is 6.07 Å². The van der Waals surface area contributed by atoms with Crippen LogP contribution in [0, 0.1) is 11.3 Å². The minimum Gasteiger partial charge on any atom is -0.464 e. The number of nitrogen functional groups attached to an aromatic ring is 1. The van der Waals surface area contributed by atoms with Crippen molar-refractivity contribution in [2.45, 2.75) is 0 Å². The third-order valence-electron chi connectivity index (χ3n) is 2.48. The first-order valence-corrected chi connectivity index (χ1v) is 6.00. The number of nitriles is 1. The molecule has 0 aliphatic rings. The fourth-order valence-electron chi connectivity index (χ4n) is 1.57. The van der Waals surface area contributed by atoms with Gasteiger partial charge >= 0.3 is 5.97 Å². The van der Waals surface area contributed by atoms with E-state index in [1.54, 1.807) is 24.3 Å². The average molecular weight is 321 g/mol. The van der Waals surface area contributed by atoms with Gasteiger partial charge < -0.3 is 10.5 Å². The molecule has 0 amide bonds. The van der Waals surface area contributed by atoms with Gasteiger partial charge in [0.15, 0.2) is 11.4 Å². The Kier molecular flexibility index (Phi) is 3.53. The highest BCUT2D eigenvalue weighted by molar-refractivity contribution is 9.10. The van der Waals surface area contributed by atoms with Crippen LogP contribution in [0.25, 0.3) is 5.69 Å². The van der Waals surface area contributed by atoms with Crippen LogP contribution in [0.5, 0.6) is 0 Å². The monoisotopic (exact) mass is 320 g/mol. The van der Waals surface area contributed by atoms with Crippen molar-refractivity contribution in [2.75, 3.05) is 12.8 Å². The number of benzene rings is 1. The highest BCUT2D eigenvalue weighted by atomic mass is 79.9. The fourth-order valence-corrected chi connectivity index (χ4v) is 1.84. The van der Waals surface area contributed by atoms with Gasteiger partial charge in [0.2, 0.25) is 0 Å². The molecule has 0 radical (unpaired) electrons. The molecule has 0 aliphatic heterocycles. The van der Waals surface area contributed by atoms with Crippen molar-refractivity contribution < 1.29 is 9.53 Å². The van der Waals surface area contributed by atoms with Crippen LogP contribution in [0.2, 0.25) is 0 Å². The minimum absolute atomic E-state index is 0.0108. The molecule has 2 N–H and O–H groups in total. The van der Waals surface area contributed by atoms with Crippen LogP contribution in [0.3, 0.4) is 0 Å². The zero-order valence-electron chi connectivity index (χ0n) is 9.92. The molecule has 2 rings (SSSR count). The van der Waals surface area contributed by atoms with E-state index >= 15 is 0 Å². The van der Waals surface area contributed by atoms with Crippen LogP contribution in [0.4, 0.5) is 5.69 Å². The number of carbonyl (C=O) groups excluding carboxylic acids is 1. The number of anilines is 1. The standard InChI is InChI=1S/C12H9BrN4O2/c1-19-12(18)11-10(15)9(6-14)16-17(11)8-4-2-7(13)3-5-8/h2-5H,15H2,1H3. The number of rotatable bonds is 2. The predicted molar refractivity (Wildman–Crippen MR) is 71.7 cm³/mol. The largest absolute Gasteiger partial charge is 0.464 e. The van der Waals surface area contributed by atoms with Crippen LogP contribution in [0.1, 0.15) is 16.2 Å². The van der Waals surface area contributed by atoms with Crippen LogP contribution < -0.4 is 5.73 Å². The summed E-state index contributed by atoms with van der Waals surface area (Å²) in [6, 6.07) is 8.91. The molecule has 0 fully saturated rings. The molecule has 1 aromatic carbocycles. The summed E-state index contributed by atoms with van der Waals surface area (Å²) in [5.74, 6) is -0.644. The van der Waals surface area contributed by atoms with E-state index < -0.39 is 5.97 Å². The lowest BCUT2D eigenvalue weighted by atomic mass is 10.3. The van der Waals surface area contributed by atoms with Gasteiger partial charge in [0.25, 0.3) is 0 Å². The maximum Gasteiger partial charge on any atom is 0.359 e. The average Bonchev–Trinajstić information content (AvgIpc) is 2.75. The van der Waals surface area contributed by atoms with E-state index in [1.165, 1.54) is 11.8 Å². The first-order chi connectivity index (χ1) is 9.08. The number of carbonyl (C=O) groups is 1. The predicted octanol–water partition coefficient (Wildman–Crippen LogP) is 1.88. The number of aromatic nitrogens is 2. The highest BCUT2D eigenvalue weighted by Crippen LogP contribution is 2.22. The van der Waals surface area contributed by atoms with Gasteiger partial charge in [-0.1, -0.05) is 15.9 Å². The second kappa shape index (κ2) is 5.12. The first-order valence-electron chi connectivity index (χ1n) is 5.21. The Morgan fingerprint density at radius 3 is 2.63 bits per heavy atom. The molecular weight excluding hydrogens is 312 g/mol. The molecule has 19 heavy (non-hydrogen) atoms. The topological polar surface area (TPSA) is 93.9 Å². The number of hydrogen-bond donors (Lipinski definition) is 1. The van der Waals surface area contributed by atoms with E-state index in [9.17, 15) is 4.79 Å². The van der Waals surface area contributed by atoms with Crippen molar-refractivity contribution in [1.29, 1.82) is 5.26 Å². The summed E-state index contributed by atoms with van der Waals surface area (Å²) in [4.78, 5) is 11.7. The second-order valence-electron chi connectivity index (χ2n) is 3.60. The zero-order chi connectivity index (χ0) is 14.0. The van der Waals surface area contributed by atoms with Crippen LogP contribution in [-0.2, 0) is 4.74 Å². The van der Waals surface area contributed by atoms with Crippen molar-refractivity contribution in [1.82, 2.24) is 9.78 Å². The Hall–Kier alpha value is -2.33. The van der Waals surface area contributed by atoms with Crippen molar-refractivity contribution in [3.63, 3.8) is 0 Å². The van der Waals surface area contributed by atoms with Gasteiger partial charge in [0.1, 0.15) is 11.8 Å². The third-order valence-corrected chi connectivity index (χ3v) is 3.01. The Bertz CT molecular complexity index is 670. The number of esters is 1. The fraction of sp³-hybridized carbons (Fsp3) is 0.0833. The Morgan fingerprint density at radius 1 is 1.47 bits per heavy atom. The molecule has 0 saturated carbocycles. The van der Waals surface area contributed by atoms with Gasteiger partial charge in [-0.25, -0.2) is 9.48 Å². The highest BCUT2D eigenvalue weighted by Gasteiger charge is 2.23. The summed E-state index contributed by atoms with van der Waals surface area (Å²) in [6.45, 7) is 0. The van der Waals surface area contributed by atoms with Crippen molar-refractivity contribution in [3.8, 4) is 11.8 Å². The summed E-state index contributed by atoms with van der Waals surface area (Å²) < 4.78 is 6.85. The zero-order valence-corrected chi connectivity index (χ0v) is 11.5. The quantitative estimate of drug-likeness (QED) is 0.852. The Balaban J connectivity index is 2.66. The molecule has 2 aromatic rings. The smallest absolute Gasteiger partial charge is 0.359 e. The maximum absolute atomic E-state index is 11.7. The molecule has 0 atom stereocenters. The Morgan fingerprint density at radius 2 is 2.11 bits per heavy atom. The molecule has 0 saturated heterocycles. The summed E-state index contributed by atoms with van der Waals surface area (Å²) >= 11 is 3.31. The normalized spacial score (nSPS) is 9.95. The summed E-state index contributed by atoms with van der Waals surface area (Å²) in [5, 5.41) is 12.9. The van der Waals surface area contributed by atoms with E-state index in [0.29, 0.717) is 5.69 Å². The molecule has 0 unspecified atom stereocenters. The number of nitrogens with two attached hydrogens (primary N) is 1. The van der Waals surface area contributed by atoms with E-state index in [0.717, 1.165) is 4.47 Å². The van der Waals surface area contributed by atoms with Crippen LogP contribution in [-0.4, -0.2) is 22.9 Å². The SMILES string of the molecule is COC(=O)c1c(N)c(C#N)nn1-c1ccc(Br)cc1. The molecule has 7 heteroatoms. The molecule has 0 spiro atoms. The number of hydrogen-bond acceptors (Lipinski definition) is 5. The van der Waals surface area contributed by atoms with Gasteiger partial charge in [-0.05, 0) is 24.3 Å². The first kappa shape index (κ1) is 13.1. The lowest BCUT2D eigenvalue weighted by Crippen LogP contribution is -2.12. The van der Waals surface area contributed by atoms with E-state index in [4.69, 9.17) is 11.0 Å². The van der Waals surface area contributed by atoms with Crippen molar-refractivity contribution in [3.05, 3.63) is 40.1 Å². The van der Waals surface area contributed by atoms with Crippen molar-refractivity contribution >= 4 is 27.6 Å². The van der Waals surface area contributed by atoms with Gasteiger partial charge in [-0.2, -0.15) is 10.4 Å². The van der Waals surface area contributed by atoms with Gasteiger partial charge in [-0.3, -0.25) is 0 Å². The third kappa shape index (κ3) is 2.30. The number of halogens is 1. The Labute approximate surface area is 117 Å². The lowest BCUT2D eigenvalue weighted by molar-refractivity contribution is 0.0591. The molecule has 6 nitrogen and oxygen atoms in total. The van der Waals surface area contributed by atoms with Gasteiger partial charge in [0.05, 0.1) is 12.8 Å². The maximum atomic E-state index is 11.7. The number of methoxy groups -OCH3 is 1. The second-order valence-corrected chi connectivity index (χ2v) is 4.52. The van der Waals surface area contributed by atoms with E-state index in [-0.39, 0.29) is 17.1 Å². The number of ether oxygens (including phenoxy) is 1. The van der Waals surface area contributed by atoms with Gasteiger partial charge in [0, 0.05) is 4.47 Å². The molecular formula is C12H9BrN4O2.